The van der Waals surface area contributed by atoms with E-state index in [1.165, 1.54) is 30.6 Å². The monoisotopic (exact) mass is 525 g/mol. The van der Waals surface area contributed by atoms with Crippen molar-refractivity contribution in [1.29, 1.82) is 0 Å². The van der Waals surface area contributed by atoms with Crippen molar-refractivity contribution >= 4 is 11.9 Å². The van der Waals surface area contributed by atoms with Gasteiger partial charge in [0.2, 0.25) is 5.91 Å². The fraction of sp³-hybridized carbons (Fsp3) is 0.818. The fourth-order valence-electron chi connectivity index (χ4n) is 9.96. The molecule has 0 radical (unpaired) electrons. The molecular formula is C33H51NO4. The number of carbonyl (C=O) groups is 2. The zero-order valence-electron chi connectivity index (χ0n) is 25.0. The molecule has 0 spiro atoms. The first-order valence-corrected chi connectivity index (χ1v) is 15.4. The van der Waals surface area contributed by atoms with Gasteiger partial charge in [0.1, 0.15) is 11.7 Å². The van der Waals surface area contributed by atoms with Crippen molar-refractivity contribution in [3.05, 3.63) is 23.0 Å². The summed E-state index contributed by atoms with van der Waals surface area (Å²) in [6, 6.07) is 0. The molecule has 3 fully saturated rings. The fourth-order valence-corrected chi connectivity index (χ4v) is 9.96. The average Bonchev–Trinajstić information content (AvgIpc) is 3.27. The highest BCUT2D eigenvalue weighted by Crippen LogP contribution is 2.71. The number of hydrogen-bond acceptors (Lipinski definition) is 4. The summed E-state index contributed by atoms with van der Waals surface area (Å²) in [6.45, 7) is 16.3. The first kappa shape index (κ1) is 27.8. The highest BCUT2D eigenvalue weighted by Gasteiger charge is 2.67. The molecule has 0 aromatic carbocycles. The number of ether oxygens (including phenoxy) is 2. The predicted octanol–water partition coefficient (Wildman–Crippen LogP) is 7.11. The third-order valence-electron chi connectivity index (χ3n) is 11.8. The second-order valence-electron chi connectivity index (χ2n) is 14.3. The number of nitrogens with one attached hydrogen (secondary N) is 1. The summed E-state index contributed by atoms with van der Waals surface area (Å²) in [6.07, 6.45) is 13.1. The molecule has 3 saturated carbocycles. The summed E-state index contributed by atoms with van der Waals surface area (Å²) in [7, 11) is 0. The molecule has 0 saturated heterocycles. The van der Waals surface area contributed by atoms with Crippen LogP contribution in [0.5, 0.6) is 0 Å². The summed E-state index contributed by atoms with van der Waals surface area (Å²) in [5.74, 6) is 4.30. The molecule has 4 aliphatic carbocycles. The van der Waals surface area contributed by atoms with E-state index in [1.54, 1.807) is 12.5 Å². The lowest BCUT2D eigenvalue weighted by Gasteiger charge is -2.58. The van der Waals surface area contributed by atoms with E-state index in [0.29, 0.717) is 29.6 Å². The van der Waals surface area contributed by atoms with Crippen molar-refractivity contribution in [2.75, 3.05) is 6.54 Å². The molecule has 5 aliphatic rings. The van der Waals surface area contributed by atoms with E-state index in [1.807, 2.05) is 6.92 Å². The van der Waals surface area contributed by atoms with Gasteiger partial charge in [-0.25, -0.2) is 0 Å². The van der Waals surface area contributed by atoms with Gasteiger partial charge in [0.25, 0.3) is 0 Å². The van der Waals surface area contributed by atoms with Crippen LogP contribution in [-0.2, 0) is 19.1 Å². The third-order valence-corrected chi connectivity index (χ3v) is 11.8. The van der Waals surface area contributed by atoms with E-state index in [-0.39, 0.29) is 29.0 Å². The molecule has 5 rings (SSSR count). The van der Waals surface area contributed by atoms with E-state index >= 15 is 0 Å². The number of carbonyl (C=O) groups excluding carboxylic acids is 2. The van der Waals surface area contributed by atoms with Crippen LogP contribution in [0.4, 0.5) is 0 Å². The van der Waals surface area contributed by atoms with Crippen LogP contribution >= 0.6 is 0 Å². The minimum Gasteiger partial charge on any atom is -0.491 e. The van der Waals surface area contributed by atoms with Crippen molar-refractivity contribution in [2.24, 2.45) is 40.4 Å². The Hall–Kier alpha value is -1.78. The molecule has 1 N–H and O–H groups in total. The smallest absolute Gasteiger partial charge is 0.305 e. The van der Waals surface area contributed by atoms with E-state index in [2.05, 4.69) is 46.0 Å². The highest BCUT2D eigenvalue weighted by atomic mass is 16.5. The van der Waals surface area contributed by atoms with Gasteiger partial charge in [0.05, 0.1) is 5.76 Å². The second-order valence-corrected chi connectivity index (χ2v) is 14.3. The van der Waals surface area contributed by atoms with Gasteiger partial charge in [-0.15, -0.1) is 0 Å². The molecule has 212 valence electrons. The van der Waals surface area contributed by atoms with Crippen LogP contribution in [0.3, 0.4) is 0 Å². The minimum atomic E-state index is -0.0918. The lowest BCUT2D eigenvalue weighted by Crippen LogP contribution is -2.50. The number of esters is 1. The zero-order chi connectivity index (χ0) is 27.5. The first-order valence-electron chi connectivity index (χ1n) is 15.4. The van der Waals surface area contributed by atoms with Crippen molar-refractivity contribution in [1.82, 2.24) is 5.32 Å². The van der Waals surface area contributed by atoms with Crippen LogP contribution in [0.15, 0.2) is 23.0 Å². The molecule has 38 heavy (non-hydrogen) atoms. The van der Waals surface area contributed by atoms with Gasteiger partial charge < -0.3 is 14.8 Å². The number of rotatable bonds is 7. The Morgan fingerprint density at radius 3 is 2.66 bits per heavy atom. The Morgan fingerprint density at radius 2 is 1.95 bits per heavy atom. The second kappa shape index (κ2) is 10.0. The van der Waals surface area contributed by atoms with Crippen LogP contribution < -0.4 is 5.32 Å². The van der Waals surface area contributed by atoms with Crippen molar-refractivity contribution in [3.8, 4) is 0 Å². The van der Waals surface area contributed by atoms with Crippen LogP contribution in [0.2, 0.25) is 0 Å². The van der Waals surface area contributed by atoms with Crippen LogP contribution in [0.1, 0.15) is 113 Å². The summed E-state index contributed by atoms with van der Waals surface area (Å²) in [4.78, 5) is 23.2. The van der Waals surface area contributed by atoms with Gasteiger partial charge in [0, 0.05) is 38.6 Å². The number of fused-ring (bicyclic) bond motifs is 7. The Kier molecular flexibility index (Phi) is 7.31. The quantitative estimate of drug-likeness (QED) is 0.284. The molecule has 0 aromatic rings. The summed E-state index contributed by atoms with van der Waals surface area (Å²) >= 11 is 0. The molecule has 0 unspecified atom stereocenters. The topological polar surface area (TPSA) is 64.6 Å². The van der Waals surface area contributed by atoms with Gasteiger partial charge in [-0.1, -0.05) is 39.3 Å². The van der Waals surface area contributed by atoms with E-state index in [9.17, 15) is 9.59 Å². The lowest BCUT2D eigenvalue weighted by molar-refractivity contribution is -0.151. The maximum Gasteiger partial charge on any atom is 0.305 e. The molecule has 1 amide bonds. The summed E-state index contributed by atoms with van der Waals surface area (Å²) in [5, 5.41) is 2.96. The molecule has 5 heteroatoms. The van der Waals surface area contributed by atoms with E-state index in [4.69, 9.17) is 9.47 Å². The largest absolute Gasteiger partial charge is 0.491 e. The van der Waals surface area contributed by atoms with Gasteiger partial charge >= 0.3 is 5.97 Å². The first-order chi connectivity index (χ1) is 17.9. The molecule has 1 heterocycles. The van der Waals surface area contributed by atoms with Crippen LogP contribution in [0.25, 0.3) is 0 Å². The Labute approximate surface area is 230 Å². The summed E-state index contributed by atoms with van der Waals surface area (Å²) in [5.41, 5.74) is 3.51. The number of amides is 1. The van der Waals surface area contributed by atoms with Crippen molar-refractivity contribution in [3.63, 3.8) is 0 Å². The maximum absolute atomic E-state index is 11.9. The lowest BCUT2D eigenvalue weighted by atomic mass is 9.47. The highest BCUT2D eigenvalue weighted by molar-refractivity contribution is 5.72. The Morgan fingerprint density at radius 1 is 1.18 bits per heavy atom. The van der Waals surface area contributed by atoms with Gasteiger partial charge in [-0.3, -0.25) is 9.59 Å². The van der Waals surface area contributed by atoms with E-state index < -0.39 is 0 Å². The Balaban J connectivity index is 1.31. The third kappa shape index (κ3) is 4.54. The van der Waals surface area contributed by atoms with Crippen LogP contribution in [-0.4, -0.2) is 30.1 Å². The Bertz CT molecular complexity index is 1030. The molecule has 1 aliphatic heterocycles. The molecular weight excluding hydrogens is 474 g/mol. The number of hydrogen-bond donors (Lipinski definition) is 1. The van der Waals surface area contributed by atoms with Gasteiger partial charge in [0.15, 0.2) is 0 Å². The molecule has 9 atom stereocenters. The molecule has 0 aromatic heterocycles. The number of allylic oxidation sites excluding steroid dienone is 2. The van der Waals surface area contributed by atoms with E-state index in [0.717, 1.165) is 56.9 Å². The van der Waals surface area contributed by atoms with Crippen molar-refractivity contribution < 1.29 is 19.1 Å². The molecule has 5 nitrogen and oxygen atoms in total. The van der Waals surface area contributed by atoms with Crippen molar-refractivity contribution in [2.45, 2.75) is 124 Å². The van der Waals surface area contributed by atoms with Crippen LogP contribution in [0, 0.1) is 40.4 Å². The summed E-state index contributed by atoms with van der Waals surface area (Å²) < 4.78 is 12.7. The zero-order valence-corrected chi connectivity index (χ0v) is 25.0. The molecule has 0 bridgehead atoms. The SMILES string of the molecule is CCC(=O)O[C@@H]1CC[C@@]2(C)C(=CC[C@@H]3[C@@H]4C[C@]5(C)OC(CC[C@H](C)CNC(C)=O)=C(C)[C@H]5[C@@]4(C)CC[C@@H]32)C1. The average molecular weight is 526 g/mol. The normalized spacial score (nSPS) is 42.2. The maximum atomic E-state index is 11.9. The predicted molar refractivity (Wildman–Crippen MR) is 150 cm³/mol. The minimum absolute atomic E-state index is 0.0486. The van der Waals surface area contributed by atoms with Gasteiger partial charge in [-0.05, 0) is 98.9 Å². The standard InChI is InChI=1S/C33H51NO4/c1-8-29(36)37-24-13-15-31(5)23(17-24)10-11-25-26(31)14-16-32(6)27(25)18-33(7)30(32)21(3)28(38-33)12-9-20(2)19-34-22(4)35/h10,20,24-27,30H,8-9,11-19H2,1-7H3,(H,34,35)/t20-,24+,25-,26-,27-,30-,31-,32-,33-/m0/s1. The van der Waals surface area contributed by atoms with Gasteiger partial charge in [-0.2, -0.15) is 0 Å².